The zero-order chi connectivity index (χ0) is 21.8. The van der Waals surface area contributed by atoms with Crippen molar-refractivity contribution in [1.82, 2.24) is 25.1 Å². The predicted octanol–water partition coefficient (Wildman–Crippen LogP) is 4.01. The molecule has 9 heteroatoms. The van der Waals surface area contributed by atoms with E-state index in [0.29, 0.717) is 5.89 Å². The number of aromatic nitrogens is 4. The summed E-state index contributed by atoms with van der Waals surface area (Å²) in [6.45, 7) is 1.89. The Balaban J connectivity index is 1.31. The van der Waals surface area contributed by atoms with Crippen LogP contribution >= 0.6 is 0 Å². The topological polar surface area (TPSA) is 85.8 Å². The first-order valence-corrected chi connectivity index (χ1v) is 9.64. The molecule has 0 bridgehead atoms. The third-order valence-electron chi connectivity index (χ3n) is 4.77. The summed E-state index contributed by atoms with van der Waals surface area (Å²) in [5.74, 6) is -1.07. The van der Waals surface area contributed by atoms with Crippen molar-refractivity contribution in [2.24, 2.45) is 0 Å². The minimum Gasteiger partial charge on any atom is -0.441 e. The number of carbonyl (C=O) groups is 1. The van der Waals surface area contributed by atoms with Crippen LogP contribution in [0.5, 0.6) is 0 Å². The van der Waals surface area contributed by atoms with Gasteiger partial charge in [0.25, 0.3) is 0 Å². The zero-order valence-corrected chi connectivity index (χ0v) is 16.6. The van der Waals surface area contributed by atoms with Crippen molar-refractivity contribution in [2.45, 2.75) is 25.8 Å². The zero-order valence-electron chi connectivity index (χ0n) is 16.6. The first kappa shape index (κ1) is 20.4. The molecular formula is C22H19F2N5O2. The number of benzene rings is 2. The second-order valence-corrected chi connectivity index (χ2v) is 6.96. The standard InChI is InChI=1S/C22H19F2N5O2/c1-14(15-2-5-17(6-3-15)29-13-25-12-27-29)28-21(30)8-9-22-26-11-20(31-22)18-7-4-16(23)10-19(18)24/h2-7,10-14H,8-9H2,1H3,(H,28,30)/t14-/m1/s1. The van der Waals surface area contributed by atoms with Crippen LogP contribution in [0.4, 0.5) is 8.78 Å². The minimum absolute atomic E-state index is 0.118. The average Bonchev–Trinajstić information content (AvgIpc) is 3.45. The van der Waals surface area contributed by atoms with E-state index in [1.54, 1.807) is 11.0 Å². The molecule has 1 N–H and O–H groups in total. The van der Waals surface area contributed by atoms with Crippen LogP contribution in [0, 0.1) is 11.6 Å². The fourth-order valence-corrected chi connectivity index (χ4v) is 3.11. The van der Waals surface area contributed by atoms with Crippen molar-refractivity contribution in [3.05, 3.63) is 84.4 Å². The fourth-order valence-electron chi connectivity index (χ4n) is 3.11. The molecule has 4 rings (SSSR count). The summed E-state index contributed by atoms with van der Waals surface area (Å²) in [7, 11) is 0. The molecule has 0 aliphatic heterocycles. The lowest BCUT2D eigenvalue weighted by Gasteiger charge is -2.14. The highest BCUT2D eigenvalue weighted by molar-refractivity contribution is 5.76. The minimum atomic E-state index is -0.732. The predicted molar refractivity (Wildman–Crippen MR) is 108 cm³/mol. The summed E-state index contributed by atoms with van der Waals surface area (Å²) in [5, 5.41) is 7.01. The van der Waals surface area contributed by atoms with Crippen molar-refractivity contribution >= 4 is 5.91 Å². The number of hydrogen-bond donors (Lipinski definition) is 1. The van der Waals surface area contributed by atoms with Gasteiger partial charge in [-0.25, -0.2) is 23.4 Å². The smallest absolute Gasteiger partial charge is 0.220 e. The molecule has 0 aliphatic rings. The highest BCUT2D eigenvalue weighted by atomic mass is 19.1. The third kappa shape index (κ3) is 4.82. The number of halogens is 2. The Kier molecular flexibility index (Phi) is 5.83. The van der Waals surface area contributed by atoms with E-state index in [4.69, 9.17) is 4.42 Å². The second-order valence-electron chi connectivity index (χ2n) is 6.96. The van der Waals surface area contributed by atoms with Gasteiger partial charge in [0, 0.05) is 18.9 Å². The Bertz CT molecular complexity index is 1170. The van der Waals surface area contributed by atoms with Gasteiger partial charge in [-0.15, -0.1) is 0 Å². The lowest BCUT2D eigenvalue weighted by molar-refractivity contribution is -0.121. The van der Waals surface area contributed by atoms with Crippen molar-refractivity contribution in [1.29, 1.82) is 0 Å². The highest BCUT2D eigenvalue weighted by Gasteiger charge is 2.14. The van der Waals surface area contributed by atoms with E-state index in [1.807, 2.05) is 31.2 Å². The molecular weight excluding hydrogens is 404 g/mol. The molecule has 0 saturated heterocycles. The van der Waals surface area contributed by atoms with Crippen LogP contribution in [0.2, 0.25) is 0 Å². The van der Waals surface area contributed by atoms with Gasteiger partial charge in [-0.2, -0.15) is 5.10 Å². The van der Waals surface area contributed by atoms with Gasteiger partial charge in [-0.1, -0.05) is 12.1 Å². The fraction of sp³-hybridized carbons (Fsp3) is 0.182. The number of nitrogens with one attached hydrogen (secondary N) is 1. The Labute approximate surface area is 176 Å². The molecule has 7 nitrogen and oxygen atoms in total. The maximum atomic E-state index is 13.9. The van der Waals surface area contributed by atoms with Crippen LogP contribution in [0.15, 0.2) is 65.7 Å². The summed E-state index contributed by atoms with van der Waals surface area (Å²) in [6.07, 6.45) is 4.85. The molecule has 0 radical (unpaired) electrons. The molecule has 1 amide bonds. The van der Waals surface area contributed by atoms with Gasteiger partial charge in [-0.3, -0.25) is 4.79 Å². The molecule has 0 fully saturated rings. The molecule has 4 aromatic rings. The summed E-state index contributed by atoms with van der Waals surface area (Å²) in [6, 6.07) is 10.7. The highest BCUT2D eigenvalue weighted by Crippen LogP contribution is 2.24. The molecule has 2 aromatic heterocycles. The van der Waals surface area contributed by atoms with E-state index >= 15 is 0 Å². The molecule has 31 heavy (non-hydrogen) atoms. The van der Waals surface area contributed by atoms with Gasteiger partial charge in [0.1, 0.15) is 24.3 Å². The summed E-state index contributed by atoms with van der Waals surface area (Å²) < 4.78 is 34.1. The van der Waals surface area contributed by atoms with Crippen LogP contribution in [0.3, 0.4) is 0 Å². The molecule has 2 aromatic carbocycles. The SMILES string of the molecule is C[C@@H](NC(=O)CCc1ncc(-c2ccc(F)cc2F)o1)c1ccc(-n2cncn2)cc1. The van der Waals surface area contributed by atoms with Gasteiger partial charge in [0.2, 0.25) is 5.91 Å². The monoisotopic (exact) mass is 423 g/mol. The number of rotatable bonds is 7. The average molecular weight is 423 g/mol. The number of amides is 1. The number of nitrogens with zero attached hydrogens (tertiary/aromatic N) is 4. The maximum Gasteiger partial charge on any atom is 0.220 e. The molecule has 0 saturated carbocycles. The van der Waals surface area contributed by atoms with E-state index in [2.05, 4.69) is 20.4 Å². The Morgan fingerprint density at radius 1 is 1.19 bits per heavy atom. The largest absolute Gasteiger partial charge is 0.441 e. The van der Waals surface area contributed by atoms with Crippen molar-refractivity contribution < 1.29 is 18.0 Å². The first-order valence-electron chi connectivity index (χ1n) is 9.64. The van der Waals surface area contributed by atoms with E-state index < -0.39 is 11.6 Å². The van der Waals surface area contributed by atoms with Crippen LogP contribution in [0.25, 0.3) is 17.0 Å². The second kappa shape index (κ2) is 8.86. The van der Waals surface area contributed by atoms with Crippen LogP contribution in [0.1, 0.15) is 30.8 Å². The van der Waals surface area contributed by atoms with Crippen LogP contribution < -0.4 is 5.32 Å². The molecule has 0 spiro atoms. The molecule has 158 valence electrons. The molecule has 0 aliphatic carbocycles. The molecule has 2 heterocycles. The third-order valence-corrected chi connectivity index (χ3v) is 4.77. The number of aryl methyl sites for hydroxylation is 1. The van der Waals surface area contributed by atoms with Crippen molar-refractivity contribution in [3.63, 3.8) is 0 Å². The van der Waals surface area contributed by atoms with E-state index in [-0.39, 0.29) is 36.1 Å². The van der Waals surface area contributed by atoms with Gasteiger partial charge in [0.15, 0.2) is 11.7 Å². The van der Waals surface area contributed by atoms with Crippen LogP contribution in [-0.4, -0.2) is 25.7 Å². The lowest BCUT2D eigenvalue weighted by atomic mass is 10.1. The van der Waals surface area contributed by atoms with Gasteiger partial charge in [-0.05, 0) is 36.8 Å². The van der Waals surface area contributed by atoms with Gasteiger partial charge < -0.3 is 9.73 Å². The Hall–Kier alpha value is -3.88. The van der Waals surface area contributed by atoms with E-state index in [1.165, 1.54) is 18.6 Å². The number of carbonyl (C=O) groups excluding carboxylic acids is 1. The molecule has 0 unspecified atom stereocenters. The number of hydrogen-bond acceptors (Lipinski definition) is 5. The Morgan fingerprint density at radius 3 is 2.71 bits per heavy atom. The van der Waals surface area contributed by atoms with Crippen molar-refractivity contribution in [2.75, 3.05) is 0 Å². The lowest BCUT2D eigenvalue weighted by Crippen LogP contribution is -2.26. The van der Waals surface area contributed by atoms with Gasteiger partial charge in [0.05, 0.1) is 23.5 Å². The summed E-state index contributed by atoms with van der Waals surface area (Å²) in [5.41, 5.74) is 1.94. The number of oxazole rings is 1. The van der Waals surface area contributed by atoms with E-state index in [9.17, 15) is 13.6 Å². The quantitative estimate of drug-likeness (QED) is 0.485. The summed E-state index contributed by atoms with van der Waals surface area (Å²) >= 11 is 0. The van der Waals surface area contributed by atoms with Crippen molar-refractivity contribution in [3.8, 4) is 17.0 Å². The normalized spacial score (nSPS) is 12.0. The van der Waals surface area contributed by atoms with E-state index in [0.717, 1.165) is 23.4 Å². The first-order chi connectivity index (χ1) is 15.0. The van der Waals surface area contributed by atoms with Crippen LogP contribution in [-0.2, 0) is 11.2 Å². The Morgan fingerprint density at radius 2 is 2.00 bits per heavy atom. The summed E-state index contributed by atoms with van der Waals surface area (Å²) in [4.78, 5) is 20.3. The molecule has 1 atom stereocenters. The maximum absolute atomic E-state index is 13.9. The van der Waals surface area contributed by atoms with Gasteiger partial charge >= 0.3 is 0 Å².